The van der Waals surface area contributed by atoms with E-state index in [2.05, 4.69) is 15.9 Å². The summed E-state index contributed by atoms with van der Waals surface area (Å²) in [6.45, 7) is 4.77. The summed E-state index contributed by atoms with van der Waals surface area (Å²) in [4.78, 5) is 14.1. The van der Waals surface area contributed by atoms with E-state index in [9.17, 15) is 9.90 Å². The van der Waals surface area contributed by atoms with E-state index in [1.165, 1.54) is 0 Å². The van der Waals surface area contributed by atoms with Gasteiger partial charge in [0.2, 0.25) is 5.91 Å². The second-order valence-electron chi connectivity index (χ2n) is 4.53. The van der Waals surface area contributed by atoms with Crippen LogP contribution in [0, 0.1) is 0 Å². The van der Waals surface area contributed by atoms with Crippen molar-refractivity contribution in [3.63, 3.8) is 0 Å². The molecule has 0 atom stereocenters. The Morgan fingerprint density at radius 3 is 2.61 bits per heavy atom. The van der Waals surface area contributed by atoms with Gasteiger partial charge in [0.05, 0.1) is 6.42 Å². The number of benzene rings is 1. The van der Waals surface area contributed by atoms with E-state index < -0.39 is 0 Å². The van der Waals surface area contributed by atoms with Crippen LogP contribution < -0.4 is 0 Å². The number of alkyl halides is 1. The zero-order valence-corrected chi connectivity index (χ0v) is 12.5. The average Bonchev–Trinajstić information content (AvgIpc) is 2.32. The Morgan fingerprint density at radius 2 is 2.06 bits per heavy atom. The Hall–Kier alpha value is -1.03. The number of aromatic hydroxyl groups is 1. The highest BCUT2D eigenvalue weighted by molar-refractivity contribution is 9.09. The van der Waals surface area contributed by atoms with Crippen LogP contribution in [0.15, 0.2) is 24.3 Å². The number of carbonyl (C=O) groups is 1. The van der Waals surface area contributed by atoms with Gasteiger partial charge < -0.3 is 10.0 Å². The summed E-state index contributed by atoms with van der Waals surface area (Å²) >= 11 is 3.38. The molecule has 4 heteroatoms. The smallest absolute Gasteiger partial charge is 0.227 e. The molecule has 0 aliphatic heterocycles. The maximum absolute atomic E-state index is 12.2. The van der Waals surface area contributed by atoms with Crippen molar-refractivity contribution in [3.8, 4) is 5.75 Å². The van der Waals surface area contributed by atoms with Gasteiger partial charge in [-0.2, -0.15) is 0 Å². The van der Waals surface area contributed by atoms with Gasteiger partial charge >= 0.3 is 0 Å². The number of rotatable bonds is 6. The fourth-order valence-corrected chi connectivity index (χ4v) is 2.08. The van der Waals surface area contributed by atoms with E-state index in [1.54, 1.807) is 18.2 Å². The normalized spacial score (nSPS) is 10.7. The number of phenolic OH excluding ortho intramolecular Hbond substituents is 1. The molecule has 0 saturated heterocycles. The summed E-state index contributed by atoms with van der Waals surface area (Å²) in [7, 11) is 0. The fraction of sp³-hybridized carbons (Fsp3) is 0.500. The first-order chi connectivity index (χ1) is 8.56. The number of hydrogen-bond acceptors (Lipinski definition) is 2. The summed E-state index contributed by atoms with van der Waals surface area (Å²) in [6.07, 6.45) is 1.19. The minimum Gasteiger partial charge on any atom is -0.508 e. The summed E-state index contributed by atoms with van der Waals surface area (Å²) in [5, 5.41) is 10.6. The first-order valence-corrected chi connectivity index (χ1v) is 7.30. The third-order valence-electron chi connectivity index (χ3n) is 2.81. The molecule has 0 aliphatic carbocycles. The Balaban J connectivity index is 2.70. The van der Waals surface area contributed by atoms with Crippen LogP contribution in [-0.4, -0.2) is 33.8 Å². The Kier molecular flexibility index (Phi) is 6.19. The average molecular weight is 314 g/mol. The van der Waals surface area contributed by atoms with Gasteiger partial charge in [-0.15, -0.1) is 0 Å². The molecule has 1 N–H and O–H groups in total. The van der Waals surface area contributed by atoms with E-state index in [4.69, 9.17) is 0 Å². The van der Waals surface area contributed by atoms with Crippen molar-refractivity contribution in [2.24, 2.45) is 0 Å². The zero-order chi connectivity index (χ0) is 13.5. The molecule has 0 unspecified atom stereocenters. The number of phenols is 1. The molecule has 0 aromatic heterocycles. The third kappa shape index (κ3) is 4.33. The second kappa shape index (κ2) is 7.41. The lowest BCUT2D eigenvalue weighted by atomic mass is 10.1. The lowest BCUT2D eigenvalue weighted by molar-refractivity contribution is -0.132. The molecule has 3 nitrogen and oxygen atoms in total. The van der Waals surface area contributed by atoms with Gasteiger partial charge in [0.15, 0.2) is 0 Å². The SMILES string of the molecule is CC(C)N(CCCBr)C(=O)Cc1ccccc1O. The highest BCUT2D eigenvalue weighted by atomic mass is 79.9. The molecule has 0 bridgehead atoms. The quantitative estimate of drug-likeness (QED) is 0.820. The monoisotopic (exact) mass is 313 g/mol. The Labute approximate surface area is 117 Å². The maximum Gasteiger partial charge on any atom is 0.227 e. The van der Waals surface area contributed by atoms with Crippen molar-refractivity contribution in [1.29, 1.82) is 0 Å². The molecular formula is C14H20BrNO2. The predicted molar refractivity (Wildman–Crippen MR) is 77.1 cm³/mol. The summed E-state index contributed by atoms with van der Waals surface area (Å²) in [5.41, 5.74) is 0.687. The molecular weight excluding hydrogens is 294 g/mol. The van der Waals surface area contributed by atoms with Crippen molar-refractivity contribution in [1.82, 2.24) is 4.90 Å². The topological polar surface area (TPSA) is 40.5 Å². The highest BCUT2D eigenvalue weighted by Gasteiger charge is 2.17. The number of hydrogen-bond donors (Lipinski definition) is 1. The number of amides is 1. The van der Waals surface area contributed by atoms with Crippen LogP contribution in [0.4, 0.5) is 0 Å². The van der Waals surface area contributed by atoms with Gasteiger partial charge in [-0.25, -0.2) is 0 Å². The van der Waals surface area contributed by atoms with Crippen molar-refractivity contribution >= 4 is 21.8 Å². The van der Waals surface area contributed by atoms with E-state index in [1.807, 2.05) is 24.8 Å². The van der Waals surface area contributed by atoms with Crippen molar-refractivity contribution in [3.05, 3.63) is 29.8 Å². The minimum absolute atomic E-state index is 0.0625. The number of halogens is 1. The van der Waals surface area contributed by atoms with Crippen molar-refractivity contribution in [2.45, 2.75) is 32.7 Å². The van der Waals surface area contributed by atoms with E-state index in [0.29, 0.717) is 5.56 Å². The van der Waals surface area contributed by atoms with Crippen molar-refractivity contribution < 1.29 is 9.90 Å². The van der Waals surface area contributed by atoms with Gasteiger partial charge in [-0.3, -0.25) is 4.79 Å². The standard InChI is InChI=1S/C14H20BrNO2/c1-11(2)16(9-5-8-15)14(18)10-12-6-3-4-7-13(12)17/h3-4,6-7,11,17H,5,8-10H2,1-2H3. The van der Waals surface area contributed by atoms with Crippen LogP contribution in [0.5, 0.6) is 5.75 Å². The Bertz CT molecular complexity index is 393. The molecule has 0 aliphatic rings. The largest absolute Gasteiger partial charge is 0.508 e. The van der Waals surface area contributed by atoms with Crippen LogP contribution in [0.2, 0.25) is 0 Å². The first kappa shape index (κ1) is 15.0. The van der Waals surface area contributed by atoms with Crippen LogP contribution >= 0.6 is 15.9 Å². The molecule has 100 valence electrons. The van der Waals surface area contributed by atoms with Crippen LogP contribution in [0.25, 0.3) is 0 Å². The Morgan fingerprint density at radius 1 is 1.39 bits per heavy atom. The van der Waals surface area contributed by atoms with Gasteiger partial charge in [-0.1, -0.05) is 34.1 Å². The lowest BCUT2D eigenvalue weighted by Crippen LogP contribution is -2.38. The molecule has 1 aromatic rings. The molecule has 1 rings (SSSR count). The van der Waals surface area contributed by atoms with E-state index >= 15 is 0 Å². The highest BCUT2D eigenvalue weighted by Crippen LogP contribution is 2.17. The fourth-order valence-electron chi connectivity index (χ4n) is 1.83. The molecule has 1 aromatic carbocycles. The molecule has 0 saturated carbocycles. The minimum atomic E-state index is 0.0625. The molecule has 1 amide bonds. The summed E-state index contributed by atoms with van der Waals surface area (Å²) in [5.74, 6) is 0.252. The van der Waals surface area contributed by atoms with Crippen LogP contribution in [0.3, 0.4) is 0 Å². The van der Waals surface area contributed by atoms with Gasteiger partial charge in [-0.05, 0) is 26.3 Å². The third-order valence-corrected chi connectivity index (χ3v) is 3.37. The van der Waals surface area contributed by atoms with Gasteiger partial charge in [0, 0.05) is 23.5 Å². The summed E-state index contributed by atoms with van der Waals surface area (Å²) in [6, 6.07) is 7.17. The first-order valence-electron chi connectivity index (χ1n) is 6.18. The number of nitrogens with zero attached hydrogens (tertiary/aromatic N) is 1. The van der Waals surface area contributed by atoms with Crippen LogP contribution in [-0.2, 0) is 11.2 Å². The number of para-hydroxylation sites is 1. The maximum atomic E-state index is 12.2. The second-order valence-corrected chi connectivity index (χ2v) is 5.32. The zero-order valence-electron chi connectivity index (χ0n) is 10.9. The van der Waals surface area contributed by atoms with Crippen LogP contribution in [0.1, 0.15) is 25.8 Å². The molecule has 0 fully saturated rings. The molecule has 0 spiro atoms. The molecule has 0 radical (unpaired) electrons. The molecule has 18 heavy (non-hydrogen) atoms. The molecule has 0 heterocycles. The van der Waals surface area contributed by atoms with E-state index in [-0.39, 0.29) is 24.1 Å². The lowest BCUT2D eigenvalue weighted by Gasteiger charge is -2.26. The number of carbonyl (C=O) groups excluding carboxylic acids is 1. The van der Waals surface area contributed by atoms with E-state index in [0.717, 1.165) is 18.3 Å². The predicted octanol–water partition coefficient (Wildman–Crippen LogP) is 2.96. The van der Waals surface area contributed by atoms with Crippen molar-refractivity contribution in [2.75, 3.05) is 11.9 Å². The van der Waals surface area contributed by atoms with Gasteiger partial charge in [0.1, 0.15) is 5.75 Å². The van der Waals surface area contributed by atoms with Gasteiger partial charge in [0.25, 0.3) is 0 Å². The summed E-state index contributed by atoms with van der Waals surface area (Å²) < 4.78 is 0.